The van der Waals surface area contributed by atoms with E-state index in [2.05, 4.69) is 9.97 Å². The first kappa shape index (κ1) is 15.5. The third-order valence-electron chi connectivity index (χ3n) is 3.38. The van der Waals surface area contributed by atoms with Crippen LogP contribution >= 0.6 is 0 Å². The van der Waals surface area contributed by atoms with Gasteiger partial charge in [-0.2, -0.15) is 4.98 Å². The average molecular weight is 293 g/mol. The fourth-order valence-electron chi connectivity index (χ4n) is 2.35. The summed E-state index contributed by atoms with van der Waals surface area (Å²) in [6.45, 7) is 7.21. The molecular formula is C15H23N3O3. The molecule has 1 atom stereocenters. The number of aromatic nitrogens is 2. The van der Waals surface area contributed by atoms with Gasteiger partial charge in [0, 0.05) is 24.2 Å². The highest BCUT2D eigenvalue weighted by Gasteiger charge is 2.31. The maximum atomic E-state index is 12.3. The monoisotopic (exact) mass is 293 g/mol. The number of amides is 1. The number of carbonyl (C=O) groups is 1. The van der Waals surface area contributed by atoms with Gasteiger partial charge in [0.1, 0.15) is 6.10 Å². The minimum absolute atomic E-state index is 0.0374. The summed E-state index contributed by atoms with van der Waals surface area (Å²) in [5, 5.41) is 0. The minimum atomic E-state index is -0.361. The summed E-state index contributed by atoms with van der Waals surface area (Å²) in [7, 11) is 1.52. The second-order valence-electron chi connectivity index (χ2n) is 6.26. The van der Waals surface area contributed by atoms with Crippen LogP contribution in [0.4, 0.5) is 0 Å². The van der Waals surface area contributed by atoms with Gasteiger partial charge < -0.3 is 14.4 Å². The molecule has 0 aromatic carbocycles. The lowest BCUT2D eigenvalue weighted by Crippen LogP contribution is -2.48. The number of carbonyl (C=O) groups excluding carboxylic acids is 1. The fraction of sp³-hybridized carbons (Fsp3) is 0.667. The molecule has 0 N–H and O–H groups in total. The molecular weight excluding hydrogens is 270 g/mol. The van der Waals surface area contributed by atoms with Crippen molar-refractivity contribution in [1.82, 2.24) is 14.9 Å². The molecule has 1 unspecified atom stereocenters. The van der Waals surface area contributed by atoms with Gasteiger partial charge in [0.25, 0.3) is 0 Å². The van der Waals surface area contributed by atoms with E-state index in [9.17, 15) is 4.79 Å². The largest absolute Gasteiger partial charge is 0.472 e. The zero-order valence-corrected chi connectivity index (χ0v) is 13.1. The first-order valence-corrected chi connectivity index (χ1v) is 7.23. The summed E-state index contributed by atoms with van der Waals surface area (Å²) < 4.78 is 10.8. The predicted molar refractivity (Wildman–Crippen MR) is 78.3 cm³/mol. The molecule has 0 spiro atoms. The molecule has 21 heavy (non-hydrogen) atoms. The zero-order valence-electron chi connectivity index (χ0n) is 13.1. The number of rotatable bonds is 3. The standard InChI is InChI=1S/C15H23N3O3/c1-15(2,3)13(19)18-9-5-6-11(10-18)21-12-7-8-16-14(17-12)20-4/h7-8,11H,5-6,9-10H2,1-4H3. The van der Waals surface area contributed by atoms with Crippen LogP contribution in [0, 0.1) is 5.41 Å². The smallest absolute Gasteiger partial charge is 0.319 e. The second kappa shape index (κ2) is 6.28. The summed E-state index contributed by atoms with van der Waals surface area (Å²) >= 11 is 0. The average Bonchev–Trinajstić information content (AvgIpc) is 2.46. The first-order chi connectivity index (χ1) is 9.90. The molecule has 6 nitrogen and oxygen atoms in total. The van der Waals surface area contributed by atoms with Crippen LogP contribution in [0.25, 0.3) is 0 Å². The van der Waals surface area contributed by atoms with E-state index in [1.54, 1.807) is 12.3 Å². The summed E-state index contributed by atoms with van der Waals surface area (Å²) in [6.07, 6.45) is 3.42. The van der Waals surface area contributed by atoms with Crippen molar-refractivity contribution < 1.29 is 14.3 Å². The van der Waals surface area contributed by atoms with E-state index in [4.69, 9.17) is 9.47 Å². The Hall–Kier alpha value is -1.85. The molecule has 1 aromatic rings. The Labute approximate surface area is 125 Å². The number of hydrogen-bond acceptors (Lipinski definition) is 5. The van der Waals surface area contributed by atoms with E-state index >= 15 is 0 Å². The molecule has 1 fully saturated rings. The number of nitrogens with zero attached hydrogens (tertiary/aromatic N) is 3. The molecule has 1 aliphatic heterocycles. The van der Waals surface area contributed by atoms with Crippen LogP contribution in [0.1, 0.15) is 33.6 Å². The lowest BCUT2D eigenvalue weighted by atomic mass is 9.93. The van der Waals surface area contributed by atoms with Crippen molar-refractivity contribution >= 4 is 5.91 Å². The van der Waals surface area contributed by atoms with Crippen molar-refractivity contribution in [3.05, 3.63) is 12.3 Å². The Kier molecular flexibility index (Phi) is 4.65. The number of likely N-dealkylation sites (tertiary alicyclic amines) is 1. The molecule has 1 aliphatic rings. The Morgan fingerprint density at radius 2 is 2.19 bits per heavy atom. The molecule has 0 aliphatic carbocycles. The van der Waals surface area contributed by atoms with Gasteiger partial charge in [0.2, 0.25) is 11.8 Å². The molecule has 0 saturated carbocycles. The number of piperidine rings is 1. The molecule has 1 aromatic heterocycles. The Morgan fingerprint density at radius 1 is 1.43 bits per heavy atom. The summed E-state index contributed by atoms with van der Waals surface area (Å²) in [5.74, 6) is 0.646. The van der Waals surface area contributed by atoms with Gasteiger partial charge in [-0.1, -0.05) is 20.8 Å². The SMILES string of the molecule is COc1nccc(OC2CCCN(C(=O)C(C)(C)C)C2)n1. The quantitative estimate of drug-likeness (QED) is 0.851. The van der Waals surface area contributed by atoms with Crippen molar-refractivity contribution in [2.24, 2.45) is 5.41 Å². The summed E-state index contributed by atoms with van der Waals surface area (Å²) in [5.41, 5.74) is -0.361. The van der Waals surface area contributed by atoms with Gasteiger partial charge in [-0.05, 0) is 12.8 Å². The topological polar surface area (TPSA) is 64.6 Å². The Balaban J connectivity index is 1.99. The van der Waals surface area contributed by atoms with Crippen LogP contribution in [0.3, 0.4) is 0 Å². The van der Waals surface area contributed by atoms with Gasteiger partial charge in [-0.25, -0.2) is 4.98 Å². The molecule has 1 amide bonds. The van der Waals surface area contributed by atoms with Gasteiger partial charge in [0.15, 0.2) is 0 Å². The van der Waals surface area contributed by atoms with E-state index in [0.717, 1.165) is 19.4 Å². The van der Waals surface area contributed by atoms with Crippen LogP contribution in [0.5, 0.6) is 11.9 Å². The summed E-state index contributed by atoms with van der Waals surface area (Å²) in [4.78, 5) is 22.3. The van der Waals surface area contributed by atoms with Crippen molar-refractivity contribution in [1.29, 1.82) is 0 Å². The van der Waals surface area contributed by atoms with Gasteiger partial charge >= 0.3 is 6.01 Å². The van der Waals surface area contributed by atoms with E-state index in [1.807, 2.05) is 25.7 Å². The first-order valence-electron chi connectivity index (χ1n) is 7.23. The van der Waals surface area contributed by atoms with E-state index in [-0.39, 0.29) is 23.4 Å². The van der Waals surface area contributed by atoms with Crippen LogP contribution in [-0.2, 0) is 4.79 Å². The normalized spacial score (nSPS) is 19.2. The maximum absolute atomic E-state index is 12.3. The van der Waals surface area contributed by atoms with Crippen LogP contribution < -0.4 is 9.47 Å². The molecule has 6 heteroatoms. The third-order valence-corrected chi connectivity index (χ3v) is 3.38. The number of methoxy groups -OCH3 is 1. The highest BCUT2D eigenvalue weighted by atomic mass is 16.5. The molecule has 2 rings (SSSR count). The fourth-order valence-corrected chi connectivity index (χ4v) is 2.35. The third kappa shape index (κ3) is 4.06. The minimum Gasteiger partial charge on any atom is -0.472 e. The Morgan fingerprint density at radius 3 is 2.86 bits per heavy atom. The van der Waals surface area contributed by atoms with E-state index in [1.165, 1.54) is 7.11 Å². The van der Waals surface area contributed by atoms with Crippen molar-refractivity contribution in [2.45, 2.75) is 39.7 Å². The number of ether oxygens (including phenoxy) is 2. The van der Waals surface area contributed by atoms with Crippen LogP contribution in [-0.4, -0.2) is 47.1 Å². The van der Waals surface area contributed by atoms with Gasteiger partial charge in [0.05, 0.1) is 13.7 Å². The highest BCUT2D eigenvalue weighted by Crippen LogP contribution is 2.23. The van der Waals surface area contributed by atoms with Crippen molar-refractivity contribution in [2.75, 3.05) is 20.2 Å². The van der Waals surface area contributed by atoms with Gasteiger partial charge in [-0.3, -0.25) is 4.79 Å². The molecule has 1 saturated heterocycles. The summed E-state index contributed by atoms with van der Waals surface area (Å²) in [6, 6.07) is 1.98. The van der Waals surface area contributed by atoms with Crippen LogP contribution in [0.15, 0.2) is 12.3 Å². The zero-order chi connectivity index (χ0) is 15.5. The molecule has 0 bridgehead atoms. The number of hydrogen-bond donors (Lipinski definition) is 0. The van der Waals surface area contributed by atoms with E-state index in [0.29, 0.717) is 12.4 Å². The highest BCUT2D eigenvalue weighted by molar-refractivity contribution is 5.81. The second-order valence-corrected chi connectivity index (χ2v) is 6.26. The maximum Gasteiger partial charge on any atom is 0.319 e. The molecule has 116 valence electrons. The van der Waals surface area contributed by atoms with Crippen molar-refractivity contribution in [3.8, 4) is 11.9 Å². The lowest BCUT2D eigenvalue weighted by molar-refractivity contribution is -0.142. The molecule has 2 heterocycles. The van der Waals surface area contributed by atoms with Gasteiger partial charge in [-0.15, -0.1) is 0 Å². The van der Waals surface area contributed by atoms with Crippen LogP contribution in [0.2, 0.25) is 0 Å². The van der Waals surface area contributed by atoms with E-state index < -0.39 is 0 Å². The van der Waals surface area contributed by atoms with Crippen molar-refractivity contribution in [3.63, 3.8) is 0 Å². The Bertz CT molecular complexity index is 499. The lowest BCUT2D eigenvalue weighted by Gasteiger charge is -2.36. The predicted octanol–water partition coefficient (Wildman–Crippen LogP) is 1.90. The molecule has 0 radical (unpaired) electrons.